The van der Waals surface area contributed by atoms with Gasteiger partial charge in [0.15, 0.2) is 0 Å². The summed E-state index contributed by atoms with van der Waals surface area (Å²) in [5.41, 5.74) is 2.29. The van der Waals surface area contributed by atoms with Gasteiger partial charge in [0.25, 0.3) is 0 Å². The average Bonchev–Trinajstić information content (AvgIpc) is 2.80. The summed E-state index contributed by atoms with van der Waals surface area (Å²) in [5.74, 6) is 0.604. The molecule has 1 fully saturated rings. The molecule has 2 nitrogen and oxygen atoms in total. The Bertz CT molecular complexity index is 307. The molecule has 1 aromatic heterocycles. The Hall–Kier alpha value is -1.02. The Morgan fingerprint density at radius 3 is 2.80 bits per heavy atom. The van der Waals surface area contributed by atoms with Crippen LogP contribution < -0.4 is 0 Å². The molecule has 0 atom stereocenters. The van der Waals surface area contributed by atoms with Crippen molar-refractivity contribution in [2.45, 2.75) is 32.1 Å². The minimum absolute atomic E-state index is 0.198. The lowest BCUT2D eigenvalue weighted by Crippen LogP contribution is -2.11. The topological polar surface area (TPSA) is 36.0 Å². The molecule has 2 heteroatoms. The van der Waals surface area contributed by atoms with Crippen LogP contribution in [-0.2, 0) is 0 Å². The summed E-state index contributed by atoms with van der Waals surface area (Å²) in [7, 11) is 0. The monoisotopic (exact) mass is 205 g/mol. The largest absolute Gasteiger partial charge is 0.392 e. The number of aromatic nitrogens is 1. The first-order valence-corrected chi connectivity index (χ1v) is 5.85. The smallest absolute Gasteiger partial charge is 0.0648 e. The Morgan fingerprint density at radius 1 is 1.40 bits per heavy atom. The van der Waals surface area contributed by atoms with Crippen LogP contribution >= 0.6 is 0 Å². The Morgan fingerprint density at radius 2 is 2.20 bits per heavy atom. The second-order valence-electron chi connectivity index (χ2n) is 4.34. The molecule has 0 aliphatic heterocycles. The van der Waals surface area contributed by atoms with Crippen molar-refractivity contribution in [2.24, 2.45) is 5.92 Å². The van der Waals surface area contributed by atoms with E-state index in [9.17, 15) is 5.11 Å². The van der Waals surface area contributed by atoms with E-state index in [0.717, 1.165) is 5.69 Å². The molecule has 0 amide bonds. The van der Waals surface area contributed by atoms with Crippen molar-refractivity contribution in [1.82, 2.24) is 4.98 Å². The fourth-order valence-electron chi connectivity index (χ4n) is 2.40. The molecule has 0 spiro atoms. The molecule has 2 N–H and O–H groups in total. The number of aliphatic hydroxyl groups is 1. The molecule has 1 heterocycles. The lowest BCUT2D eigenvalue weighted by Gasteiger charge is -2.23. The summed E-state index contributed by atoms with van der Waals surface area (Å²) in [5, 5.41) is 9.39. The van der Waals surface area contributed by atoms with E-state index in [4.69, 9.17) is 0 Å². The van der Waals surface area contributed by atoms with Gasteiger partial charge in [0.2, 0.25) is 0 Å². The van der Waals surface area contributed by atoms with Crippen LogP contribution in [0.1, 0.15) is 37.8 Å². The summed E-state index contributed by atoms with van der Waals surface area (Å²) in [6.07, 6.45) is 10.5. The van der Waals surface area contributed by atoms with E-state index in [-0.39, 0.29) is 6.61 Å². The molecule has 15 heavy (non-hydrogen) atoms. The highest BCUT2D eigenvalue weighted by Crippen LogP contribution is 2.30. The molecule has 0 bridgehead atoms. The van der Waals surface area contributed by atoms with Gasteiger partial charge in [-0.15, -0.1) is 0 Å². The lowest BCUT2D eigenvalue weighted by molar-refractivity contribution is 0.295. The van der Waals surface area contributed by atoms with E-state index in [1.54, 1.807) is 0 Å². The molecule has 0 saturated heterocycles. The fourth-order valence-corrected chi connectivity index (χ4v) is 2.40. The predicted molar refractivity (Wildman–Crippen MR) is 62.4 cm³/mol. The first-order valence-electron chi connectivity index (χ1n) is 5.85. The van der Waals surface area contributed by atoms with Crippen LogP contribution in [0.5, 0.6) is 0 Å². The van der Waals surface area contributed by atoms with Crippen LogP contribution in [0, 0.1) is 5.92 Å². The van der Waals surface area contributed by atoms with Crippen LogP contribution in [0.25, 0.3) is 6.08 Å². The van der Waals surface area contributed by atoms with Crippen LogP contribution in [0.15, 0.2) is 23.9 Å². The number of aromatic amines is 1. The van der Waals surface area contributed by atoms with E-state index in [2.05, 4.69) is 11.1 Å². The van der Waals surface area contributed by atoms with E-state index >= 15 is 0 Å². The highest BCUT2D eigenvalue weighted by Gasteiger charge is 2.17. The first-order chi connectivity index (χ1) is 7.40. The zero-order chi connectivity index (χ0) is 10.5. The van der Waals surface area contributed by atoms with Crippen molar-refractivity contribution in [3.05, 3.63) is 29.6 Å². The van der Waals surface area contributed by atoms with Gasteiger partial charge in [-0.3, -0.25) is 0 Å². The fraction of sp³-hybridized carbons (Fsp3) is 0.538. The van der Waals surface area contributed by atoms with Gasteiger partial charge in [0, 0.05) is 11.9 Å². The third-order valence-corrected chi connectivity index (χ3v) is 3.28. The van der Waals surface area contributed by atoms with Gasteiger partial charge in [-0.1, -0.05) is 19.3 Å². The molecule has 0 aromatic carbocycles. The van der Waals surface area contributed by atoms with Crippen molar-refractivity contribution >= 4 is 6.08 Å². The summed E-state index contributed by atoms with van der Waals surface area (Å²) in [6, 6.07) is 4.03. The average molecular weight is 205 g/mol. The van der Waals surface area contributed by atoms with Gasteiger partial charge in [-0.05, 0) is 42.5 Å². The molecule has 1 aliphatic carbocycles. The summed E-state index contributed by atoms with van der Waals surface area (Å²) in [6.45, 7) is 0.198. The summed E-state index contributed by atoms with van der Waals surface area (Å²) in [4.78, 5) is 3.15. The number of hydrogen-bond acceptors (Lipinski definition) is 1. The van der Waals surface area contributed by atoms with E-state index < -0.39 is 0 Å². The number of nitrogens with one attached hydrogen (secondary N) is 1. The molecule has 1 saturated carbocycles. The summed E-state index contributed by atoms with van der Waals surface area (Å²) >= 11 is 0. The Kier molecular flexibility index (Phi) is 3.62. The van der Waals surface area contributed by atoms with Crippen LogP contribution in [0.2, 0.25) is 0 Å². The molecule has 0 radical (unpaired) electrons. The van der Waals surface area contributed by atoms with Gasteiger partial charge in [0.05, 0.1) is 6.61 Å². The second-order valence-corrected chi connectivity index (χ2v) is 4.34. The number of aliphatic hydroxyl groups excluding tert-OH is 1. The first kappa shape index (κ1) is 10.5. The highest BCUT2D eigenvalue weighted by atomic mass is 16.3. The molecule has 0 unspecified atom stereocenters. The zero-order valence-electron chi connectivity index (χ0n) is 9.08. The van der Waals surface area contributed by atoms with Crippen molar-refractivity contribution < 1.29 is 5.11 Å². The maximum atomic E-state index is 9.39. The predicted octanol–water partition coefficient (Wildman–Crippen LogP) is 2.97. The third-order valence-electron chi connectivity index (χ3n) is 3.28. The van der Waals surface area contributed by atoms with Crippen molar-refractivity contribution in [3.8, 4) is 0 Å². The minimum Gasteiger partial charge on any atom is -0.392 e. The lowest BCUT2D eigenvalue weighted by atomic mass is 9.83. The molecular weight excluding hydrogens is 186 g/mol. The number of hydrogen-bond donors (Lipinski definition) is 2. The van der Waals surface area contributed by atoms with Crippen LogP contribution in [0.3, 0.4) is 0 Å². The molecule has 1 aromatic rings. The van der Waals surface area contributed by atoms with Gasteiger partial charge in [-0.2, -0.15) is 0 Å². The van der Waals surface area contributed by atoms with E-state index in [0.29, 0.717) is 5.92 Å². The van der Waals surface area contributed by atoms with Crippen LogP contribution in [0.4, 0.5) is 0 Å². The molecular formula is C13H19NO. The number of rotatable bonds is 3. The van der Waals surface area contributed by atoms with E-state index in [1.807, 2.05) is 18.3 Å². The van der Waals surface area contributed by atoms with Gasteiger partial charge in [0.1, 0.15) is 0 Å². The van der Waals surface area contributed by atoms with Crippen LogP contribution in [-0.4, -0.2) is 16.7 Å². The highest BCUT2D eigenvalue weighted by molar-refractivity contribution is 5.49. The van der Waals surface area contributed by atoms with Crippen molar-refractivity contribution in [3.63, 3.8) is 0 Å². The standard InChI is InChI=1S/C13H19NO/c15-10-12(9-13-7-4-8-14-13)11-5-2-1-3-6-11/h4,7-9,11,14-15H,1-3,5-6,10H2. The SMILES string of the molecule is OCC(=Cc1ccc[nH]1)C1CCCCC1. The van der Waals surface area contributed by atoms with Crippen molar-refractivity contribution in [1.29, 1.82) is 0 Å². The maximum Gasteiger partial charge on any atom is 0.0648 e. The van der Waals surface area contributed by atoms with Gasteiger partial charge in [-0.25, -0.2) is 0 Å². The molecule has 1 aliphatic rings. The summed E-state index contributed by atoms with van der Waals surface area (Å²) < 4.78 is 0. The maximum absolute atomic E-state index is 9.39. The second kappa shape index (κ2) is 5.17. The number of H-pyrrole nitrogens is 1. The van der Waals surface area contributed by atoms with E-state index in [1.165, 1.54) is 37.7 Å². The van der Waals surface area contributed by atoms with Gasteiger partial charge >= 0.3 is 0 Å². The molecule has 82 valence electrons. The quantitative estimate of drug-likeness (QED) is 0.782. The zero-order valence-corrected chi connectivity index (χ0v) is 9.08. The molecule has 2 rings (SSSR count). The van der Waals surface area contributed by atoms with Gasteiger partial charge < -0.3 is 10.1 Å². The third kappa shape index (κ3) is 2.72. The van der Waals surface area contributed by atoms with Crippen molar-refractivity contribution in [2.75, 3.05) is 6.61 Å². The Balaban J connectivity index is 2.08. The minimum atomic E-state index is 0.198. The Labute approximate surface area is 91.0 Å². The normalized spacial score (nSPS) is 19.4.